The molecule has 1 fully saturated rings. The summed E-state index contributed by atoms with van der Waals surface area (Å²) < 4.78 is 10.4. The summed E-state index contributed by atoms with van der Waals surface area (Å²) in [6.07, 6.45) is 0.525. The number of carbonyl (C=O) groups excluding carboxylic acids is 3. The molecule has 0 radical (unpaired) electrons. The van der Waals surface area contributed by atoms with Gasteiger partial charge in [-0.3, -0.25) is 9.59 Å². The van der Waals surface area contributed by atoms with Crippen molar-refractivity contribution in [2.45, 2.75) is 39.2 Å². The number of nitrogens with zero attached hydrogens (tertiary/aromatic N) is 1. The Morgan fingerprint density at radius 3 is 2.43 bits per heavy atom. The van der Waals surface area contributed by atoms with Gasteiger partial charge in [0.2, 0.25) is 0 Å². The van der Waals surface area contributed by atoms with Crippen LogP contribution in [0.5, 0.6) is 0 Å². The van der Waals surface area contributed by atoms with E-state index in [4.69, 9.17) is 32.7 Å². The number of anilines is 1. The molecule has 1 aromatic rings. The molecule has 0 spiro atoms. The van der Waals surface area contributed by atoms with E-state index in [0.29, 0.717) is 41.7 Å². The Kier molecular flexibility index (Phi) is 7.55. The van der Waals surface area contributed by atoms with E-state index in [2.05, 4.69) is 5.32 Å². The van der Waals surface area contributed by atoms with Crippen LogP contribution in [-0.4, -0.2) is 48.2 Å². The lowest BCUT2D eigenvalue weighted by atomic mass is 9.97. The number of benzene rings is 1. The molecule has 0 aliphatic carbocycles. The van der Waals surface area contributed by atoms with Crippen LogP contribution in [0.15, 0.2) is 18.2 Å². The van der Waals surface area contributed by atoms with Crippen LogP contribution >= 0.6 is 23.2 Å². The highest BCUT2D eigenvalue weighted by Crippen LogP contribution is 2.25. The smallest absolute Gasteiger partial charge is 0.410 e. The number of hydrogen-bond donors (Lipinski definition) is 1. The second-order valence-corrected chi connectivity index (χ2v) is 8.37. The van der Waals surface area contributed by atoms with Crippen LogP contribution in [0.1, 0.15) is 33.6 Å². The highest BCUT2D eigenvalue weighted by atomic mass is 35.5. The predicted octanol–water partition coefficient (Wildman–Crippen LogP) is 4.12. The van der Waals surface area contributed by atoms with E-state index in [1.54, 1.807) is 37.8 Å². The molecule has 0 unspecified atom stereocenters. The van der Waals surface area contributed by atoms with Gasteiger partial charge in [-0.2, -0.15) is 0 Å². The summed E-state index contributed by atoms with van der Waals surface area (Å²) in [6, 6.07) is 4.67. The van der Waals surface area contributed by atoms with Crippen molar-refractivity contribution in [2.24, 2.45) is 5.92 Å². The van der Waals surface area contributed by atoms with E-state index < -0.39 is 30.2 Å². The summed E-state index contributed by atoms with van der Waals surface area (Å²) in [6.45, 7) is 5.79. The van der Waals surface area contributed by atoms with Gasteiger partial charge in [0.25, 0.3) is 5.91 Å². The van der Waals surface area contributed by atoms with E-state index in [-0.39, 0.29) is 5.92 Å². The molecule has 1 aliphatic rings. The number of carbonyl (C=O) groups is 3. The Morgan fingerprint density at radius 2 is 1.82 bits per heavy atom. The fourth-order valence-corrected chi connectivity index (χ4v) is 3.00. The van der Waals surface area contributed by atoms with Gasteiger partial charge >= 0.3 is 12.1 Å². The molecular weight excluding hydrogens is 407 g/mol. The normalized spacial score (nSPS) is 15.1. The van der Waals surface area contributed by atoms with E-state index in [1.165, 1.54) is 6.07 Å². The molecule has 9 heteroatoms. The molecule has 28 heavy (non-hydrogen) atoms. The third-order valence-electron chi connectivity index (χ3n) is 4.03. The third kappa shape index (κ3) is 6.87. The van der Waals surface area contributed by atoms with Crippen molar-refractivity contribution in [2.75, 3.05) is 25.0 Å². The van der Waals surface area contributed by atoms with Crippen molar-refractivity contribution in [3.63, 3.8) is 0 Å². The van der Waals surface area contributed by atoms with Gasteiger partial charge in [0.1, 0.15) is 5.60 Å². The van der Waals surface area contributed by atoms with Crippen molar-refractivity contribution >= 4 is 46.9 Å². The lowest BCUT2D eigenvalue weighted by molar-refractivity contribution is -0.153. The zero-order valence-electron chi connectivity index (χ0n) is 16.1. The number of halogens is 2. The predicted molar refractivity (Wildman–Crippen MR) is 107 cm³/mol. The van der Waals surface area contributed by atoms with Crippen LogP contribution in [0.4, 0.5) is 10.5 Å². The fourth-order valence-electron chi connectivity index (χ4n) is 2.66. The van der Waals surface area contributed by atoms with Crippen LogP contribution in [0, 0.1) is 5.92 Å². The minimum Gasteiger partial charge on any atom is -0.455 e. The van der Waals surface area contributed by atoms with E-state index in [1.807, 2.05) is 0 Å². The van der Waals surface area contributed by atoms with Gasteiger partial charge in [-0.1, -0.05) is 23.2 Å². The van der Waals surface area contributed by atoms with Crippen molar-refractivity contribution < 1.29 is 23.9 Å². The van der Waals surface area contributed by atoms with Gasteiger partial charge < -0.3 is 19.7 Å². The molecule has 1 aromatic carbocycles. The monoisotopic (exact) mass is 430 g/mol. The summed E-state index contributed by atoms with van der Waals surface area (Å²) >= 11 is 11.8. The fraction of sp³-hybridized carbons (Fsp3) is 0.526. The molecule has 0 saturated carbocycles. The Hall–Kier alpha value is -1.99. The first-order chi connectivity index (χ1) is 13.0. The molecule has 1 N–H and O–H groups in total. The first-order valence-corrected chi connectivity index (χ1v) is 9.70. The first-order valence-electron chi connectivity index (χ1n) is 8.94. The molecule has 0 aromatic heterocycles. The lowest BCUT2D eigenvalue weighted by Gasteiger charge is -2.32. The number of rotatable bonds is 4. The van der Waals surface area contributed by atoms with Gasteiger partial charge in [0.15, 0.2) is 6.61 Å². The van der Waals surface area contributed by atoms with Crippen molar-refractivity contribution in [3.05, 3.63) is 28.2 Å². The van der Waals surface area contributed by atoms with Crippen LogP contribution < -0.4 is 5.32 Å². The average Bonchev–Trinajstić information content (AvgIpc) is 2.61. The largest absolute Gasteiger partial charge is 0.455 e. The van der Waals surface area contributed by atoms with Gasteiger partial charge in [0.05, 0.1) is 16.6 Å². The average molecular weight is 431 g/mol. The third-order valence-corrected chi connectivity index (χ3v) is 4.59. The van der Waals surface area contributed by atoms with E-state index in [0.717, 1.165) is 0 Å². The van der Waals surface area contributed by atoms with E-state index in [9.17, 15) is 14.4 Å². The van der Waals surface area contributed by atoms with Crippen molar-refractivity contribution in [1.82, 2.24) is 4.90 Å². The van der Waals surface area contributed by atoms with Crippen molar-refractivity contribution in [3.8, 4) is 0 Å². The zero-order chi connectivity index (χ0) is 20.9. The number of ether oxygens (including phenoxy) is 2. The summed E-state index contributed by atoms with van der Waals surface area (Å²) in [5, 5.41) is 3.31. The van der Waals surface area contributed by atoms with Gasteiger partial charge in [-0.15, -0.1) is 0 Å². The van der Waals surface area contributed by atoms with Gasteiger partial charge in [-0.05, 0) is 51.8 Å². The second kappa shape index (κ2) is 9.47. The lowest BCUT2D eigenvalue weighted by Crippen LogP contribution is -2.43. The summed E-state index contributed by atoms with van der Waals surface area (Å²) in [7, 11) is 0. The summed E-state index contributed by atoms with van der Waals surface area (Å²) in [4.78, 5) is 37.8. The summed E-state index contributed by atoms with van der Waals surface area (Å²) in [5.74, 6) is -1.33. The van der Waals surface area contributed by atoms with Gasteiger partial charge in [0, 0.05) is 18.1 Å². The highest BCUT2D eigenvalue weighted by molar-refractivity contribution is 6.35. The SMILES string of the molecule is CC(C)(C)OC(=O)N1CCC(C(=O)OCC(=O)Nc2cc(Cl)ccc2Cl)CC1. The molecular formula is C19H24Cl2N2O5. The summed E-state index contributed by atoms with van der Waals surface area (Å²) in [5.41, 5.74) is -0.215. The number of likely N-dealkylation sites (tertiary alicyclic amines) is 1. The minimum atomic E-state index is -0.563. The zero-order valence-corrected chi connectivity index (χ0v) is 17.6. The van der Waals surface area contributed by atoms with Crippen LogP contribution in [0.2, 0.25) is 10.0 Å². The van der Waals surface area contributed by atoms with Crippen molar-refractivity contribution in [1.29, 1.82) is 0 Å². The molecule has 0 atom stereocenters. The quantitative estimate of drug-likeness (QED) is 0.725. The second-order valence-electron chi connectivity index (χ2n) is 7.52. The first kappa shape index (κ1) is 22.3. The number of piperidine rings is 1. The molecule has 1 saturated heterocycles. The topological polar surface area (TPSA) is 84.9 Å². The number of amides is 2. The molecule has 154 valence electrons. The molecule has 0 bridgehead atoms. The van der Waals surface area contributed by atoms with Gasteiger partial charge in [-0.25, -0.2) is 4.79 Å². The molecule has 1 aliphatic heterocycles. The minimum absolute atomic E-state index is 0.332. The Morgan fingerprint density at radius 1 is 1.18 bits per heavy atom. The Balaban J connectivity index is 1.76. The molecule has 2 amide bonds. The maximum Gasteiger partial charge on any atom is 0.410 e. The van der Waals surface area contributed by atoms with E-state index >= 15 is 0 Å². The van der Waals surface area contributed by atoms with Crippen LogP contribution in [0.25, 0.3) is 0 Å². The number of esters is 1. The molecule has 7 nitrogen and oxygen atoms in total. The maximum absolute atomic E-state index is 12.2. The number of hydrogen-bond acceptors (Lipinski definition) is 5. The Labute approximate surface area is 174 Å². The van der Waals surface area contributed by atoms with Crippen LogP contribution in [-0.2, 0) is 19.1 Å². The molecule has 2 rings (SSSR count). The maximum atomic E-state index is 12.2. The number of nitrogens with one attached hydrogen (secondary N) is 1. The highest BCUT2D eigenvalue weighted by Gasteiger charge is 2.31. The molecule has 1 heterocycles. The van der Waals surface area contributed by atoms with Crippen LogP contribution in [0.3, 0.4) is 0 Å². The Bertz CT molecular complexity index is 740. The standard InChI is InChI=1S/C19H24Cl2N2O5/c1-19(2,3)28-18(26)23-8-6-12(7-9-23)17(25)27-11-16(24)22-15-10-13(20)4-5-14(15)21/h4-5,10,12H,6-9,11H2,1-3H3,(H,22,24).